The molecular weight excluding hydrogens is 371 g/mol. The summed E-state index contributed by atoms with van der Waals surface area (Å²) in [6.07, 6.45) is 1.83. The van der Waals surface area contributed by atoms with Gasteiger partial charge in [0.15, 0.2) is 5.82 Å². The van der Waals surface area contributed by atoms with Gasteiger partial charge in [-0.25, -0.2) is 9.40 Å². The van der Waals surface area contributed by atoms with E-state index < -0.39 is 0 Å². The first-order valence-corrected chi connectivity index (χ1v) is 10.2. The summed E-state index contributed by atoms with van der Waals surface area (Å²) in [5.41, 5.74) is 4.62. The minimum atomic E-state index is -0.271. The van der Waals surface area contributed by atoms with Gasteiger partial charge in [0.25, 0.3) is 0 Å². The number of piperidine rings is 1. The van der Waals surface area contributed by atoms with E-state index in [2.05, 4.69) is 32.5 Å². The van der Waals surface area contributed by atoms with Crippen LogP contribution in [0.4, 0.5) is 10.2 Å². The highest BCUT2D eigenvalue weighted by atomic mass is 19.1. The summed E-state index contributed by atoms with van der Waals surface area (Å²) in [5, 5.41) is 10.7. The van der Waals surface area contributed by atoms with Crippen molar-refractivity contribution in [2.75, 3.05) is 51.2 Å². The zero-order valence-electron chi connectivity index (χ0n) is 16.7. The largest absolute Gasteiger partial charge is 0.354 e. The molecule has 0 bridgehead atoms. The Morgan fingerprint density at radius 2 is 1.79 bits per heavy atom. The molecule has 0 saturated carbocycles. The number of aromatic nitrogens is 2. The predicted molar refractivity (Wildman–Crippen MR) is 110 cm³/mol. The van der Waals surface area contributed by atoms with Crippen LogP contribution in [0.2, 0.25) is 0 Å². The standard InChI is InChI=1S/C21H27FN6O/c1-26-11-13-28(14-12-26)25-21(29)17-3-2-10-27(15-17)20-9-8-19(23-24-20)16-4-6-18(22)7-5-16/h4-9,17H,2-3,10-15H2,1H3,(H,25,29). The second-order valence-corrected chi connectivity index (χ2v) is 7.84. The van der Waals surface area contributed by atoms with Crippen LogP contribution in [-0.4, -0.2) is 72.3 Å². The van der Waals surface area contributed by atoms with E-state index in [1.165, 1.54) is 12.1 Å². The number of hydrogen-bond donors (Lipinski definition) is 1. The Morgan fingerprint density at radius 1 is 1.03 bits per heavy atom. The van der Waals surface area contributed by atoms with Crippen LogP contribution < -0.4 is 10.3 Å². The van der Waals surface area contributed by atoms with Crippen LogP contribution in [0.1, 0.15) is 12.8 Å². The van der Waals surface area contributed by atoms with Crippen LogP contribution in [0.5, 0.6) is 0 Å². The number of nitrogens with one attached hydrogen (secondary N) is 1. The third-order valence-corrected chi connectivity index (χ3v) is 5.68. The number of benzene rings is 1. The van der Waals surface area contributed by atoms with E-state index in [0.29, 0.717) is 12.2 Å². The maximum atomic E-state index is 13.1. The summed E-state index contributed by atoms with van der Waals surface area (Å²) < 4.78 is 13.1. The molecule has 1 aromatic heterocycles. The van der Waals surface area contributed by atoms with Gasteiger partial charge in [0.05, 0.1) is 11.6 Å². The molecule has 3 heterocycles. The van der Waals surface area contributed by atoms with Gasteiger partial charge in [0.2, 0.25) is 5.91 Å². The minimum Gasteiger partial charge on any atom is -0.354 e. The lowest BCUT2D eigenvalue weighted by Gasteiger charge is -2.36. The first kappa shape index (κ1) is 19.7. The maximum Gasteiger partial charge on any atom is 0.239 e. The van der Waals surface area contributed by atoms with Crippen molar-refractivity contribution in [2.45, 2.75) is 12.8 Å². The van der Waals surface area contributed by atoms with E-state index in [-0.39, 0.29) is 17.6 Å². The Labute approximate surface area is 170 Å². The highest BCUT2D eigenvalue weighted by molar-refractivity contribution is 5.79. The average molecular weight is 398 g/mol. The molecular formula is C21H27FN6O. The Hall–Kier alpha value is -2.58. The van der Waals surface area contributed by atoms with E-state index in [0.717, 1.165) is 56.9 Å². The molecule has 2 saturated heterocycles. The zero-order valence-corrected chi connectivity index (χ0v) is 16.7. The van der Waals surface area contributed by atoms with Gasteiger partial charge in [-0.15, -0.1) is 10.2 Å². The molecule has 0 aliphatic carbocycles. The van der Waals surface area contributed by atoms with E-state index in [9.17, 15) is 9.18 Å². The van der Waals surface area contributed by atoms with Gasteiger partial charge in [0.1, 0.15) is 5.82 Å². The Kier molecular flexibility index (Phi) is 6.01. The summed E-state index contributed by atoms with van der Waals surface area (Å²) in [5.74, 6) is 0.539. The molecule has 4 rings (SSSR count). The fraction of sp³-hybridized carbons (Fsp3) is 0.476. The first-order valence-electron chi connectivity index (χ1n) is 10.2. The Morgan fingerprint density at radius 3 is 2.48 bits per heavy atom. The van der Waals surface area contributed by atoms with Crippen molar-refractivity contribution in [2.24, 2.45) is 5.92 Å². The number of halogens is 1. The van der Waals surface area contributed by atoms with Gasteiger partial charge in [-0.05, 0) is 56.3 Å². The lowest BCUT2D eigenvalue weighted by Crippen LogP contribution is -2.55. The molecule has 2 aliphatic heterocycles. The summed E-state index contributed by atoms with van der Waals surface area (Å²) in [7, 11) is 2.10. The number of nitrogens with zero attached hydrogens (tertiary/aromatic N) is 5. The van der Waals surface area contributed by atoms with Gasteiger partial charge >= 0.3 is 0 Å². The van der Waals surface area contributed by atoms with E-state index in [4.69, 9.17) is 0 Å². The van der Waals surface area contributed by atoms with Gasteiger partial charge in [0, 0.05) is 44.8 Å². The first-order chi connectivity index (χ1) is 14.1. The number of rotatable bonds is 4. The van der Waals surface area contributed by atoms with Crippen LogP contribution in [0.3, 0.4) is 0 Å². The Balaban J connectivity index is 1.36. The number of piperazine rings is 1. The number of likely N-dealkylation sites (N-methyl/N-ethyl adjacent to an activating group) is 1. The molecule has 1 amide bonds. The van der Waals surface area contributed by atoms with Gasteiger partial charge < -0.3 is 9.80 Å². The molecule has 154 valence electrons. The summed E-state index contributed by atoms with van der Waals surface area (Å²) in [4.78, 5) is 17.1. The van der Waals surface area contributed by atoms with Crippen LogP contribution in [0.15, 0.2) is 36.4 Å². The number of hydrogen-bond acceptors (Lipinski definition) is 6. The third kappa shape index (κ3) is 4.89. The van der Waals surface area contributed by atoms with Crippen molar-refractivity contribution in [3.63, 3.8) is 0 Å². The van der Waals surface area contributed by atoms with Crippen LogP contribution >= 0.6 is 0 Å². The lowest BCUT2D eigenvalue weighted by molar-refractivity contribution is -0.131. The molecule has 1 N–H and O–H groups in total. The number of hydrazine groups is 1. The molecule has 2 fully saturated rings. The van der Waals surface area contributed by atoms with Crippen molar-refractivity contribution in [1.82, 2.24) is 25.5 Å². The second kappa shape index (κ2) is 8.84. The fourth-order valence-corrected chi connectivity index (χ4v) is 3.83. The zero-order chi connectivity index (χ0) is 20.2. The number of carbonyl (C=O) groups excluding carboxylic acids is 1. The quantitative estimate of drug-likeness (QED) is 0.847. The second-order valence-electron chi connectivity index (χ2n) is 7.84. The van der Waals surface area contributed by atoms with Crippen LogP contribution in [0.25, 0.3) is 11.3 Å². The SMILES string of the molecule is CN1CCN(NC(=O)C2CCCN(c3ccc(-c4ccc(F)cc4)nn3)C2)CC1. The maximum absolute atomic E-state index is 13.1. The van der Waals surface area contributed by atoms with E-state index in [1.54, 1.807) is 12.1 Å². The van der Waals surface area contributed by atoms with Crippen molar-refractivity contribution < 1.29 is 9.18 Å². The van der Waals surface area contributed by atoms with E-state index >= 15 is 0 Å². The Bertz CT molecular complexity index is 820. The molecule has 7 nitrogen and oxygen atoms in total. The van der Waals surface area contributed by atoms with Crippen molar-refractivity contribution in [3.05, 3.63) is 42.2 Å². The molecule has 8 heteroatoms. The van der Waals surface area contributed by atoms with Crippen molar-refractivity contribution in [3.8, 4) is 11.3 Å². The molecule has 1 unspecified atom stereocenters. The number of amides is 1. The van der Waals surface area contributed by atoms with E-state index in [1.807, 2.05) is 17.1 Å². The smallest absolute Gasteiger partial charge is 0.239 e. The van der Waals surface area contributed by atoms with Crippen LogP contribution in [0, 0.1) is 11.7 Å². The number of carbonyl (C=O) groups is 1. The highest BCUT2D eigenvalue weighted by Crippen LogP contribution is 2.23. The molecule has 29 heavy (non-hydrogen) atoms. The monoisotopic (exact) mass is 398 g/mol. The summed E-state index contributed by atoms with van der Waals surface area (Å²) in [6, 6.07) is 10.0. The van der Waals surface area contributed by atoms with Gasteiger partial charge in [-0.2, -0.15) is 0 Å². The van der Waals surface area contributed by atoms with Gasteiger partial charge in [-0.1, -0.05) is 0 Å². The topological polar surface area (TPSA) is 64.6 Å². The lowest BCUT2D eigenvalue weighted by atomic mass is 9.97. The molecule has 1 aromatic carbocycles. The minimum absolute atomic E-state index is 0.0537. The van der Waals surface area contributed by atoms with Crippen molar-refractivity contribution in [1.29, 1.82) is 0 Å². The molecule has 2 aliphatic rings. The average Bonchev–Trinajstić information content (AvgIpc) is 2.76. The normalized spacial score (nSPS) is 21.2. The molecule has 1 atom stereocenters. The van der Waals surface area contributed by atoms with Crippen LogP contribution in [-0.2, 0) is 4.79 Å². The predicted octanol–water partition coefficient (Wildman–Crippen LogP) is 1.78. The molecule has 2 aromatic rings. The van der Waals surface area contributed by atoms with Gasteiger partial charge in [-0.3, -0.25) is 10.2 Å². The highest BCUT2D eigenvalue weighted by Gasteiger charge is 2.28. The molecule has 0 radical (unpaired) electrons. The fourth-order valence-electron chi connectivity index (χ4n) is 3.83. The summed E-state index contributed by atoms with van der Waals surface area (Å²) >= 11 is 0. The summed E-state index contributed by atoms with van der Waals surface area (Å²) in [6.45, 7) is 5.15. The third-order valence-electron chi connectivity index (χ3n) is 5.68. The number of anilines is 1. The van der Waals surface area contributed by atoms with Crippen molar-refractivity contribution >= 4 is 11.7 Å². The molecule has 0 spiro atoms.